The molecule has 1 unspecified atom stereocenters. The fourth-order valence-electron chi connectivity index (χ4n) is 3.85. The van der Waals surface area contributed by atoms with E-state index in [2.05, 4.69) is 37.6 Å². The van der Waals surface area contributed by atoms with E-state index in [-0.39, 0.29) is 30.0 Å². The summed E-state index contributed by atoms with van der Waals surface area (Å²) in [6.07, 6.45) is 5.55. The number of guanidine groups is 1. The number of nitrogens with one attached hydrogen (secondary N) is 2. The minimum absolute atomic E-state index is 0. The van der Waals surface area contributed by atoms with E-state index in [1.54, 1.807) is 27.5 Å². The van der Waals surface area contributed by atoms with Crippen LogP contribution < -0.4 is 20.1 Å². The van der Waals surface area contributed by atoms with Gasteiger partial charge in [-0.05, 0) is 49.7 Å². The topological polar surface area (TPSA) is 71.0 Å². The SMILES string of the molecule is CN=C(NCc1cccnc1OC)NCC(c1ccc(OC)cc1)N1CCCCC1.I. The van der Waals surface area contributed by atoms with E-state index in [0.29, 0.717) is 12.4 Å². The number of benzene rings is 1. The van der Waals surface area contributed by atoms with Crippen molar-refractivity contribution in [3.05, 3.63) is 53.7 Å². The highest BCUT2D eigenvalue weighted by Gasteiger charge is 2.22. The molecule has 0 amide bonds. The normalized spacial score (nSPS) is 15.5. The van der Waals surface area contributed by atoms with Gasteiger partial charge in [-0.2, -0.15) is 0 Å². The Bertz CT molecular complexity index is 810. The van der Waals surface area contributed by atoms with Crippen LogP contribution in [0, 0.1) is 0 Å². The number of hydrogen-bond donors (Lipinski definition) is 2. The van der Waals surface area contributed by atoms with Crippen molar-refractivity contribution >= 4 is 29.9 Å². The molecule has 7 nitrogen and oxygen atoms in total. The third-order valence-corrected chi connectivity index (χ3v) is 5.51. The van der Waals surface area contributed by atoms with Crippen molar-refractivity contribution in [2.45, 2.75) is 31.8 Å². The number of piperidine rings is 1. The number of halogens is 1. The lowest BCUT2D eigenvalue weighted by molar-refractivity contribution is 0.164. The van der Waals surface area contributed by atoms with Crippen molar-refractivity contribution in [2.24, 2.45) is 4.99 Å². The fraction of sp³-hybridized carbons (Fsp3) is 0.478. The summed E-state index contributed by atoms with van der Waals surface area (Å²) in [5, 5.41) is 6.88. The van der Waals surface area contributed by atoms with Crippen LogP contribution in [0.2, 0.25) is 0 Å². The number of rotatable bonds is 8. The molecule has 1 aliphatic heterocycles. The quantitative estimate of drug-likeness (QED) is 0.304. The van der Waals surface area contributed by atoms with Crippen LogP contribution in [0.4, 0.5) is 0 Å². The molecule has 0 saturated carbocycles. The molecule has 2 heterocycles. The summed E-state index contributed by atoms with van der Waals surface area (Å²) >= 11 is 0. The fourth-order valence-corrected chi connectivity index (χ4v) is 3.85. The summed E-state index contributed by atoms with van der Waals surface area (Å²) in [4.78, 5) is 11.2. The molecule has 2 N–H and O–H groups in total. The summed E-state index contributed by atoms with van der Waals surface area (Å²) in [7, 11) is 5.13. The van der Waals surface area contributed by atoms with Gasteiger partial charge in [-0.1, -0.05) is 24.6 Å². The molecule has 31 heavy (non-hydrogen) atoms. The number of methoxy groups -OCH3 is 2. The summed E-state index contributed by atoms with van der Waals surface area (Å²) in [6.45, 7) is 3.61. The molecule has 0 spiro atoms. The van der Waals surface area contributed by atoms with Crippen LogP contribution in [0.15, 0.2) is 47.6 Å². The van der Waals surface area contributed by atoms with E-state index < -0.39 is 0 Å². The van der Waals surface area contributed by atoms with E-state index in [1.165, 1.54) is 24.8 Å². The van der Waals surface area contributed by atoms with Gasteiger partial charge in [-0.3, -0.25) is 9.89 Å². The second-order valence-corrected chi connectivity index (χ2v) is 7.36. The smallest absolute Gasteiger partial charge is 0.218 e. The highest BCUT2D eigenvalue weighted by atomic mass is 127. The maximum Gasteiger partial charge on any atom is 0.218 e. The Morgan fingerprint density at radius 2 is 1.81 bits per heavy atom. The molecular formula is C23H34IN5O2. The molecule has 0 aliphatic carbocycles. The standard InChI is InChI=1S/C23H33N5O2.HI/c1-24-23(26-16-19-8-7-13-25-22(19)30-3)27-17-21(28-14-5-4-6-15-28)18-9-11-20(29-2)12-10-18;/h7-13,21H,4-6,14-17H2,1-3H3,(H2,24,26,27);1H. The van der Waals surface area contributed by atoms with Gasteiger partial charge < -0.3 is 20.1 Å². The van der Waals surface area contributed by atoms with Gasteiger partial charge in [0.15, 0.2) is 5.96 Å². The Morgan fingerprint density at radius 3 is 2.45 bits per heavy atom. The molecule has 0 bridgehead atoms. The maximum absolute atomic E-state index is 5.34. The molecule has 1 aliphatic rings. The Labute approximate surface area is 202 Å². The Morgan fingerprint density at radius 1 is 1.06 bits per heavy atom. The molecular weight excluding hydrogens is 505 g/mol. The number of aliphatic imine (C=N–C) groups is 1. The van der Waals surface area contributed by atoms with E-state index in [0.717, 1.165) is 36.9 Å². The zero-order chi connectivity index (χ0) is 21.2. The largest absolute Gasteiger partial charge is 0.497 e. The predicted molar refractivity (Wildman–Crippen MR) is 136 cm³/mol. The molecule has 1 fully saturated rings. The zero-order valence-corrected chi connectivity index (χ0v) is 21.0. The van der Waals surface area contributed by atoms with Gasteiger partial charge in [0.2, 0.25) is 5.88 Å². The minimum Gasteiger partial charge on any atom is -0.497 e. The lowest BCUT2D eigenvalue weighted by atomic mass is 10.0. The number of aromatic nitrogens is 1. The van der Waals surface area contributed by atoms with Crippen molar-refractivity contribution in [3.8, 4) is 11.6 Å². The monoisotopic (exact) mass is 539 g/mol. The van der Waals surface area contributed by atoms with Crippen LogP contribution in [0.3, 0.4) is 0 Å². The molecule has 0 radical (unpaired) electrons. The van der Waals surface area contributed by atoms with E-state index in [9.17, 15) is 0 Å². The first-order chi connectivity index (χ1) is 14.7. The molecule has 1 aromatic heterocycles. The van der Waals surface area contributed by atoms with Gasteiger partial charge in [0, 0.05) is 31.9 Å². The van der Waals surface area contributed by atoms with Crippen molar-refractivity contribution in [1.29, 1.82) is 0 Å². The lowest BCUT2D eigenvalue weighted by Crippen LogP contribution is -2.44. The summed E-state index contributed by atoms with van der Waals surface area (Å²) in [5.74, 6) is 2.27. The number of ether oxygens (including phenoxy) is 2. The van der Waals surface area contributed by atoms with Crippen LogP contribution in [-0.4, -0.2) is 56.7 Å². The Hall–Kier alpha value is -2.07. The number of nitrogens with zero attached hydrogens (tertiary/aromatic N) is 3. The molecule has 3 rings (SSSR count). The third-order valence-electron chi connectivity index (χ3n) is 5.51. The van der Waals surface area contributed by atoms with Crippen molar-refractivity contribution in [1.82, 2.24) is 20.5 Å². The Kier molecular flexibility index (Phi) is 10.9. The van der Waals surface area contributed by atoms with Crippen molar-refractivity contribution < 1.29 is 9.47 Å². The van der Waals surface area contributed by atoms with Gasteiger partial charge in [-0.25, -0.2) is 4.98 Å². The molecule has 1 saturated heterocycles. The third kappa shape index (κ3) is 7.24. The molecule has 170 valence electrons. The summed E-state index contributed by atoms with van der Waals surface area (Å²) in [5.41, 5.74) is 2.28. The van der Waals surface area contributed by atoms with Crippen LogP contribution >= 0.6 is 24.0 Å². The van der Waals surface area contributed by atoms with Crippen LogP contribution in [0.5, 0.6) is 11.6 Å². The summed E-state index contributed by atoms with van der Waals surface area (Å²) in [6, 6.07) is 12.6. The van der Waals surface area contributed by atoms with E-state index >= 15 is 0 Å². The highest BCUT2D eigenvalue weighted by Crippen LogP contribution is 2.26. The van der Waals surface area contributed by atoms with Crippen LogP contribution in [0.1, 0.15) is 36.4 Å². The average molecular weight is 539 g/mol. The van der Waals surface area contributed by atoms with Gasteiger partial charge in [0.25, 0.3) is 0 Å². The lowest BCUT2D eigenvalue weighted by Gasteiger charge is -2.35. The van der Waals surface area contributed by atoms with Gasteiger partial charge in [-0.15, -0.1) is 24.0 Å². The average Bonchev–Trinajstić information content (AvgIpc) is 2.82. The zero-order valence-electron chi connectivity index (χ0n) is 18.6. The van der Waals surface area contributed by atoms with Crippen molar-refractivity contribution in [3.63, 3.8) is 0 Å². The second kappa shape index (κ2) is 13.4. The van der Waals surface area contributed by atoms with E-state index in [4.69, 9.17) is 9.47 Å². The molecule has 1 atom stereocenters. The highest BCUT2D eigenvalue weighted by molar-refractivity contribution is 14.0. The Balaban J connectivity index is 0.00000341. The van der Waals surface area contributed by atoms with Crippen molar-refractivity contribution in [2.75, 3.05) is 40.9 Å². The number of likely N-dealkylation sites (tertiary alicyclic amines) is 1. The van der Waals surface area contributed by atoms with Gasteiger partial charge >= 0.3 is 0 Å². The van der Waals surface area contributed by atoms with Crippen LogP contribution in [0.25, 0.3) is 0 Å². The first-order valence-electron chi connectivity index (χ1n) is 10.6. The molecule has 1 aromatic carbocycles. The molecule has 8 heteroatoms. The van der Waals surface area contributed by atoms with Gasteiger partial charge in [0.05, 0.1) is 20.3 Å². The molecule has 2 aromatic rings. The first-order valence-corrected chi connectivity index (χ1v) is 10.6. The first kappa shape index (κ1) is 25.2. The minimum atomic E-state index is 0. The predicted octanol–water partition coefficient (Wildman–Crippen LogP) is 3.61. The number of hydrogen-bond acceptors (Lipinski definition) is 5. The second-order valence-electron chi connectivity index (χ2n) is 7.36. The van der Waals surface area contributed by atoms with E-state index in [1.807, 2.05) is 24.3 Å². The number of pyridine rings is 1. The van der Waals surface area contributed by atoms with Crippen LogP contribution in [-0.2, 0) is 6.54 Å². The van der Waals surface area contributed by atoms with Gasteiger partial charge in [0.1, 0.15) is 5.75 Å². The maximum atomic E-state index is 5.34. The summed E-state index contributed by atoms with van der Waals surface area (Å²) < 4.78 is 10.7.